The van der Waals surface area contributed by atoms with Gasteiger partial charge in [0.1, 0.15) is 6.10 Å². The third-order valence-corrected chi connectivity index (χ3v) is 3.95. The maximum absolute atomic E-state index is 5.83. The Balaban J connectivity index is 1.82. The van der Waals surface area contributed by atoms with Crippen LogP contribution in [0.2, 0.25) is 0 Å². The molecule has 0 spiro atoms. The van der Waals surface area contributed by atoms with Crippen molar-refractivity contribution in [1.29, 1.82) is 0 Å². The number of benzene rings is 1. The van der Waals surface area contributed by atoms with E-state index in [9.17, 15) is 0 Å². The zero-order valence-electron chi connectivity index (χ0n) is 11.8. The largest absolute Gasteiger partial charge is 0.399 e. The quantitative estimate of drug-likeness (QED) is 0.855. The molecule has 3 rings (SSSR count). The molecule has 1 aliphatic rings. The van der Waals surface area contributed by atoms with Crippen LogP contribution in [0.4, 0.5) is 5.69 Å². The molecular weight excluding hydrogens is 336 g/mol. The molecule has 21 heavy (non-hydrogen) atoms. The van der Waals surface area contributed by atoms with Crippen LogP contribution >= 0.6 is 15.9 Å². The van der Waals surface area contributed by atoms with Crippen molar-refractivity contribution in [3.8, 4) is 11.5 Å². The highest BCUT2D eigenvalue weighted by atomic mass is 79.9. The Kier molecular flexibility index (Phi) is 4.23. The van der Waals surface area contributed by atoms with Gasteiger partial charge in [0.15, 0.2) is 0 Å². The number of nitrogen functional groups attached to an aromatic ring is 1. The molecule has 0 aliphatic carbocycles. The van der Waals surface area contributed by atoms with Crippen LogP contribution in [0.3, 0.4) is 0 Å². The van der Waals surface area contributed by atoms with Crippen LogP contribution in [-0.2, 0) is 4.74 Å². The number of nitrogens with two attached hydrogens (primary N) is 1. The summed E-state index contributed by atoms with van der Waals surface area (Å²) in [6, 6.07) is 5.53. The molecule has 1 aromatic heterocycles. The normalized spacial score (nSPS) is 19.8. The average molecular weight is 353 g/mol. The van der Waals surface area contributed by atoms with E-state index < -0.39 is 0 Å². The summed E-state index contributed by atoms with van der Waals surface area (Å²) in [6.07, 6.45) is -0.138. The van der Waals surface area contributed by atoms with Crippen molar-refractivity contribution in [2.24, 2.45) is 0 Å². The highest BCUT2D eigenvalue weighted by Gasteiger charge is 2.25. The minimum Gasteiger partial charge on any atom is -0.399 e. The molecule has 1 fully saturated rings. The summed E-state index contributed by atoms with van der Waals surface area (Å²) in [5.41, 5.74) is 7.27. The fraction of sp³-hybridized carbons (Fsp3) is 0.429. The Hall–Kier alpha value is -1.44. The van der Waals surface area contributed by atoms with Gasteiger partial charge in [-0.3, -0.25) is 4.90 Å². The summed E-state index contributed by atoms with van der Waals surface area (Å²) < 4.78 is 12.0. The molecule has 1 aromatic carbocycles. The van der Waals surface area contributed by atoms with Crippen molar-refractivity contribution in [2.75, 3.05) is 32.0 Å². The maximum Gasteiger partial charge on any atom is 0.258 e. The Morgan fingerprint density at radius 2 is 2.29 bits per heavy atom. The van der Waals surface area contributed by atoms with E-state index >= 15 is 0 Å². The number of likely N-dealkylation sites (N-methyl/N-ethyl adjacent to an activating group) is 1. The minimum atomic E-state index is -0.138. The minimum absolute atomic E-state index is 0.138. The number of morpholine rings is 1. The zero-order chi connectivity index (χ0) is 14.8. The van der Waals surface area contributed by atoms with E-state index in [1.807, 2.05) is 18.2 Å². The fourth-order valence-corrected chi connectivity index (χ4v) is 2.88. The first kappa shape index (κ1) is 14.5. The van der Waals surface area contributed by atoms with E-state index in [1.165, 1.54) is 0 Å². The van der Waals surface area contributed by atoms with Crippen LogP contribution < -0.4 is 5.73 Å². The molecule has 7 heteroatoms. The molecule has 2 aromatic rings. The van der Waals surface area contributed by atoms with Gasteiger partial charge >= 0.3 is 0 Å². The number of hydrogen-bond acceptors (Lipinski definition) is 6. The second-order valence-corrected chi connectivity index (χ2v) is 5.90. The van der Waals surface area contributed by atoms with Gasteiger partial charge in [-0.05, 0) is 24.7 Å². The van der Waals surface area contributed by atoms with Gasteiger partial charge in [0.25, 0.3) is 5.89 Å². The van der Waals surface area contributed by atoms with Gasteiger partial charge in [-0.2, -0.15) is 4.98 Å². The van der Waals surface area contributed by atoms with Gasteiger partial charge < -0.3 is 15.0 Å². The molecule has 0 saturated carbocycles. The van der Waals surface area contributed by atoms with Crippen LogP contribution in [0, 0.1) is 0 Å². The Labute approximate surface area is 131 Å². The monoisotopic (exact) mass is 352 g/mol. The highest BCUT2D eigenvalue weighted by Crippen LogP contribution is 2.27. The van der Waals surface area contributed by atoms with E-state index in [-0.39, 0.29) is 6.10 Å². The first-order valence-corrected chi connectivity index (χ1v) is 7.69. The van der Waals surface area contributed by atoms with E-state index in [0.717, 1.165) is 29.7 Å². The third kappa shape index (κ3) is 3.25. The molecule has 1 unspecified atom stereocenters. The topological polar surface area (TPSA) is 77.4 Å². The summed E-state index contributed by atoms with van der Waals surface area (Å²) in [7, 11) is 0. The first-order chi connectivity index (χ1) is 10.2. The van der Waals surface area contributed by atoms with Crippen molar-refractivity contribution in [1.82, 2.24) is 15.0 Å². The van der Waals surface area contributed by atoms with E-state index in [2.05, 4.69) is 37.9 Å². The standard InChI is InChI=1S/C14H17BrN4O2/c1-2-19-3-4-20-12(8-19)13-17-14(21-18-13)9-5-10(15)7-11(16)6-9/h5-7,12H,2-4,8,16H2,1H3. The van der Waals surface area contributed by atoms with Crippen LogP contribution in [0.1, 0.15) is 18.9 Å². The van der Waals surface area contributed by atoms with Crippen molar-refractivity contribution in [3.63, 3.8) is 0 Å². The first-order valence-electron chi connectivity index (χ1n) is 6.89. The Morgan fingerprint density at radius 3 is 3.05 bits per heavy atom. The number of nitrogens with zero attached hydrogens (tertiary/aromatic N) is 3. The van der Waals surface area contributed by atoms with Crippen LogP contribution in [0.15, 0.2) is 27.2 Å². The predicted molar refractivity (Wildman–Crippen MR) is 82.7 cm³/mol. The predicted octanol–water partition coefficient (Wildman–Crippen LogP) is 2.47. The van der Waals surface area contributed by atoms with Crippen molar-refractivity contribution in [2.45, 2.75) is 13.0 Å². The molecule has 0 radical (unpaired) electrons. The Morgan fingerprint density at radius 1 is 1.43 bits per heavy atom. The summed E-state index contributed by atoms with van der Waals surface area (Å²) in [5, 5.41) is 4.05. The number of ether oxygens (including phenoxy) is 1. The van der Waals surface area contributed by atoms with Gasteiger partial charge in [-0.25, -0.2) is 0 Å². The molecule has 0 amide bonds. The molecule has 1 atom stereocenters. The molecule has 112 valence electrons. The number of halogens is 1. The van der Waals surface area contributed by atoms with Gasteiger partial charge in [0.2, 0.25) is 5.82 Å². The third-order valence-electron chi connectivity index (χ3n) is 3.49. The summed E-state index contributed by atoms with van der Waals surface area (Å²) in [5.74, 6) is 1.04. The smallest absolute Gasteiger partial charge is 0.258 e. The van der Waals surface area contributed by atoms with E-state index in [1.54, 1.807) is 0 Å². The van der Waals surface area contributed by atoms with Gasteiger partial charge in [-0.15, -0.1) is 0 Å². The van der Waals surface area contributed by atoms with Crippen LogP contribution in [-0.4, -0.2) is 41.3 Å². The van der Waals surface area contributed by atoms with Crippen LogP contribution in [0.25, 0.3) is 11.5 Å². The number of rotatable bonds is 3. The Bertz CT molecular complexity index is 611. The lowest BCUT2D eigenvalue weighted by molar-refractivity contribution is -0.0334. The van der Waals surface area contributed by atoms with Gasteiger partial charge in [0.05, 0.1) is 6.61 Å². The van der Waals surface area contributed by atoms with Crippen LogP contribution in [0.5, 0.6) is 0 Å². The summed E-state index contributed by atoms with van der Waals surface area (Å²) in [4.78, 5) is 6.76. The average Bonchev–Trinajstić information content (AvgIpc) is 2.96. The number of aromatic nitrogens is 2. The molecule has 2 heterocycles. The maximum atomic E-state index is 5.83. The second-order valence-electron chi connectivity index (χ2n) is 4.98. The van der Waals surface area contributed by atoms with Gasteiger partial charge in [0, 0.05) is 28.8 Å². The SMILES string of the molecule is CCN1CCOC(c2noc(-c3cc(N)cc(Br)c3)n2)C1. The summed E-state index contributed by atoms with van der Waals surface area (Å²) >= 11 is 3.41. The molecule has 1 aliphatic heterocycles. The molecular formula is C14H17BrN4O2. The van der Waals surface area contributed by atoms with Crippen molar-refractivity contribution < 1.29 is 9.26 Å². The van der Waals surface area contributed by atoms with Gasteiger partial charge in [-0.1, -0.05) is 28.0 Å². The van der Waals surface area contributed by atoms with Crippen molar-refractivity contribution in [3.05, 3.63) is 28.5 Å². The lowest BCUT2D eigenvalue weighted by atomic mass is 10.2. The van der Waals surface area contributed by atoms with E-state index in [4.69, 9.17) is 15.0 Å². The van der Waals surface area contributed by atoms with Crippen molar-refractivity contribution >= 4 is 21.6 Å². The molecule has 0 bridgehead atoms. The highest BCUT2D eigenvalue weighted by molar-refractivity contribution is 9.10. The number of hydrogen-bond donors (Lipinski definition) is 1. The molecule has 1 saturated heterocycles. The zero-order valence-corrected chi connectivity index (χ0v) is 13.3. The second kappa shape index (κ2) is 6.13. The molecule has 6 nitrogen and oxygen atoms in total. The lowest BCUT2D eigenvalue weighted by Crippen LogP contribution is -2.38. The number of anilines is 1. The summed E-state index contributed by atoms with van der Waals surface area (Å²) in [6.45, 7) is 5.54. The molecule has 2 N–H and O–H groups in total. The fourth-order valence-electron chi connectivity index (χ4n) is 2.36. The van der Waals surface area contributed by atoms with E-state index in [0.29, 0.717) is 24.0 Å². The lowest BCUT2D eigenvalue weighted by Gasteiger charge is -2.30.